The first-order chi connectivity index (χ1) is 11.9. The molecule has 0 spiro atoms. The van der Waals surface area contributed by atoms with Crippen LogP contribution >= 0.6 is 11.8 Å². The van der Waals surface area contributed by atoms with Crippen LogP contribution in [0.2, 0.25) is 0 Å². The van der Waals surface area contributed by atoms with Crippen LogP contribution in [0.1, 0.15) is 11.1 Å². The number of rotatable bonds is 4. The van der Waals surface area contributed by atoms with E-state index < -0.39 is 0 Å². The molecule has 0 bridgehead atoms. The summed E-state index contributed by atoms with van der Waals surface area (Å²) in [5.74, 6) is 0.0772. The molecular weight excluding hydrogens is 328 g/mol. The summed E-state index contributed by atoms with van der Waals surface area (Å²) in [5.41, 5.74) is 4.41. The molecule has 0 fully saturated rings. The topological polar surface area (TPSA) is 23.6 Å². The lowest BCUT2D eigenvalue weighted by atomic mass is 10.1. The Kier molecular flexibility index (Phi) is 5.00. The summed E-state index contributed by atoms with van der Waals surface area (Å²) >= 11 is 1.54. The Morgan fingerprint density at radius 1 is 0.800 bits per heavy atom. The van der Waals surface area contributed by atoms with Gasteiger partial charge in [-0.1, -0.05) is 36.0 Å². The van der Waals surface area contributed by atoms with Crippen LogP contribution in [-0.4, -0.2) is 34.0 Å². The maximum absolute atomic E-state index is 12.3. The Bertz CT molecular complexity index is 831. The lowest BCUT2D eigenvalue weighted by molar-refractivity contribution is -0.110. The fourth-order valence-corrected chi connectivity index (χ4v) is 3.59. The predicted molar refractivity (Wildman–Crippen MR) is 110 cm³/mol. The largest absolute Gasteiger partial charge is 0.378 e. The molecule has 0 aliphatic carbocycles. The van der Waals surface area contributed by atoms with E-state index in [9.17, 15) is 4.79 Å². The van der Waals surface area contributed by atoms with Crippen molar-refractivity contribution < 1.29 is 4.79 Å². The van der Waals surface area contributed by atoms with Crippen LogP contribution < -0.4 is 9.80 Å². The first-order valence-corrected chi connectivity index (χ1v) is 8.96. The number of allylic oxidation sites excluding steroid dienone is 2. The van der Waals surface area contributed by atoms with E-state index >= 15 is 0 Å². The van der Waals surface area contributed by atoms with Crippen LogP contribution in [0.4, 0.5) is 11.4 Å². The second-order valence-corrected chi connectivity index (χ2v) is 7.49. The number of benzene rings is 2. The predicted octanol–water partition coefficient (Wildman–Crippen LogP) is 4.52. The summed E-state index contributed by atoms with van der Waals surface area (Å²) in [5, 5.41) is 0. The molecule has 0 unspecified atom stereocenters. The summed E-state index contributed by atoms with van der Waals surface area (Å²) < 4.78 is 0. The number of hydrogen-bond donors (Lipinski definition) is 0. The first-order valence-electron chi connectivity index (χ1n) is 8.15. The van der Waals surface area contributed by atoms with Crippen molar-refractivity contribution in [1.82, 2.24) is 0 Å². The fraction of sp³-hybridized carbons (Fsp3) is 0.190. The van der Waals surface area contributed by atoms with Crippen molar-refractivity contribution in [1.29, 1.82) is 0 Å². The third-order valence-electron chi connectivity index (χ3n) is 4.10. The van der Waals surface area contributed by atoms with Gasteiger partial charge in [0.1, 0.15) is 0 Å². The molecule has 0 saturated carbocycles. The van der Waals surface area contributed by atoms with E-state index in [-0.39, 0.29) is 5.78 Å². The molecule has 1 aliphatic heterocycles. The summed E-state index contributed by atoms with van der Waals surface area (Å²) in [4.78, 5) is 18.2. The van der Waals surface area contributed by atoms with Crippen molar-refractivity contribution in [2.75, 3.05) is 38.0 Å². The Balaban J connectivity index is 1.77. The van der Waals surface area contributed by atoms with E-state index in [1.165, 1.54) is 0 Å². The van der Waals surface area contributed by atoms with Gasteiger partial charge in [-0.05, 0) is 41.5 Å². The molecular formula is C21H22N2OS. The standard InChI is InChI=1S/C21H22N2OS/c1-22(2)17-9-5-15(6-10-17)13-21-19(24)14-20(25-21)16-7-11-18(12-8-16)23(3)4/h5-14H,1-4H3/b21-13+. The Hall–Kier alpha value is -2.46. The van der Waals surface area contributed by atoms with E-state index in [0.29, 0.717) is 0 Å². The maximum atomic E-state index is 12.3. The molecule has 0 N–H and O–H groups in total. The zero-order chi connectivity index (χ0) is 18.0. The van der Waals surface area contributed by atoms with Gasteiger partial charge in [0.25, 0.3) is 0 Å². The highest BCUT2D eigenvalue weighted by atomic mass is 32.2. The maximum Gasteiger partial charge on any atom is 0.193 e. The number of thioether (sulfide) groups is 1. The van der Waals surface area contributed by atoms with Crippen molar-refractivity contribution >= 4 is 39.9 Å². The zero-order valence-electron chi connectivity index (χ0n) is 15.0. The minimum Gasteiger partial charge on any atom is -0.378 e. The van der Waals surface area contributed by atoms with Crippen LogP contribution in [0.3, 0.4) is 0 Å². The average molecular weight is 350 g/mol. The molecule has 25 heavy (non-hydrogen) atoms. The molecule has 0 saturated heterocycles. The molecule has 0 amide bonds. The molecule has 128 valence electrons. The van der Waals surface area contributed by atoms with Crippen LogP contribution in [-0.2, 0) is 4.79 Å². The van der Waals surface area contributed by atoms with Crippen LogP contribution in [0, 0.1) is 0 Å². The molecule has 1 aliphatic rings. The molecule has 2 aromatic carbocycles. The highest BCUT2D eigenvalue weighted by Crippen LogP contribution is 2.41. The van der Waals surface area contributed by atoms with Gasteiger partial charge < -0.3 is 9.80 Å². The number of ketones is 1. The zero-order valence-corrected chi connectivity index (χ0v) is 15.8. The van der Waals surface area contributed by atoms with Gasteiger partial charge in [0.15, 0.2) is 5.78 Å². The molecule has 3 rings (SSSR count). The van der Waals surface area contributed by atoms with Gasteiger partial charge in [-0.15, -0.1) is 0 Å². The lowest BCUT2D eigenvalue weighted by Gasteiger charge is -2.12. The molecule has 2 aromatic rings. The normalized spacial score (nSPS) is 15.4. The third-order valence-corrected chi connectivity index (χ3v) is 5.21. The summed E-state index contributed by atoms with van der Waals surface area (Å²) in [6.07, 6.45) is 3.69. The first kappa shape index (κ1) is 17.4. The van der Waals surface area contributed by atoms with E-state index in [1.807, 2.05) is 46.4 Å². The summed E-state index contributed by atoms with van der Waals surface area (Å²) in [6, 6.07) is 16.5. The molecule has 0 aromatic heterocycles. The molecule has 0 radical (unpaired) electrons. The average Bonchev–Trinajstić information content (AvgIpc) is 2.96. The minimum absolute atomic E-state index is 0.0772. The SMILES string of the molecule is CN(C)c1ccc(/C=C2/SC(c3ccc(N(C)C)cc3)=CC2=O)cc1. The smallest absolute Gasteiger partial charge is 0.193 e. The van der Waals surface area contributed by atoms with Crippen LogP contribution in [0.25, 0.3) is 11.0 Å². The molecule has 3 nitrogen and oxygen atoms in total. The number of carbonyl (C=O) groups excluding carboxylic acids is 1. The van der Waals surface area contributed by atoms with Gasteiger partial charge in [0.2, 0.25) is 0 Å². The number of hydrogen-bond acceptors (Lipinski definition) is 4. The summed E-state index contributed by atoms with van der Waals surface area (Å²) in [6.45, 7) is 0. The Labute approximate surface area is 153 Å². The van der Waals surface area contributed by atoms with Gasteiger partial charge in [-0.2, -0.15) is 0 Å². The monoisotopic (exact) mass is 350 g/mol. The summed E-state index contributed by atoms with van der Waals surface area (Å²) in [7, 11) is 8.07. The molecule has 0 atom stereocenters. The van der Waals surface area contributed by atoms with Crippen molar-refractivity contribution in [3.63, 3.8) is 0 Å². The van der Waals surface area contributed by atoms with Gasteiger partial charge in [0, 0.05) is 50.5 Å². The van der Waals surface area contributed by atoms with Gasteiger partial charge in [0.05, 0.1) is 4.91 Å². The van der Waals surface area contributed by atoms with Crippen molar-refractivity contribution in [2.45, 2.75) is 0 Å². The quantitative estimate of drug-likeness (QED) is 0.757. The fourth-order valence-electron chi connectivity index (χ4n) is 2.58. The second-order valence-electron chi connectivity index (χ2n) is 6.41. The minimum atomic E-state index is 0.0772. The van der Waals surface area contributed by atoms with E-state index in [4.69, 9.17) is 0 Å². The number of carbonyl (C=O) groups is 1. The van der Waals surface area contributed by atoms with Crippen molar-refractivity contribution in [3.8, 4) is 0 Å². The molecule has 1 heterocycles. The van der Waals surface area contributed by atoms with Crippen molar-refractivity contribution in [2.24, 2.45) is 0 Å². The van der Waals surface area contributed by atoms with E-state index in [1.54, 1.807) is 17.8 Å². The Morgan fingerprint density at radius 2 is 1.32 bits per heavy atom. The van der Waals surface area contributed by atoms with Gasteiger partial charge in [-0.3, -0.25) is 4.79 Å². The highest BCUT2D eigenvalue weighted by Gasteiger charge is 2.20. The lowest BCUT2D eigenvalue weighted by Crippen LogP contribution is -2.07. The second kappa shape index (κ2) is 7.19. The van der Waals surface area contributed by atoms with Crippen LogP contribution in [0.5, 0.6) is 0 Å². The molecule has 4 heteroatoms. The van der Waals surface area contributed by atoms with E-state index in [0.717, 1.165) is 32.3 Å². The van der Waals surface area contributed by atoms with Gasteiger partial charge >= 0.3 is 0 Å². The van der Waals surface area contributed by atoms with Crippen LogP contribution in [0.15, 0.2) is 59.5 Å². The van der Waals surface area contributed by atoms with Crippen molar-refractivity contribution in [3.05, 3.63) is 70.6 Å². The Morgan fingerprint density at radius 3 is 1.84 bits per heavy atom. The number of anilines is 2. The number of nitrogens with zero attached hydrogens (tertiary/aromatic N) is 2. The van der Waals surface area contributed by atoms with E-state index in [2.05, 4.69) is 46.2 Å². The highest BCUT2D eigenvalue weighted by molar-refractivity contribution is 8.13. The third kappa shape index (κ3) is 3.97. The van der Waals surface area contributed by atoms with Gasteiger partial charge in [-0.25, -0.2) is 0 Å².